The van der Waals surface area contributed by atoms with Gasteiger partial charge >= 0.3 is 0 Å². The van der Waals surface area contributed by atoms with Crippen LogP contribution < -0.4 is 5.73 Å². The number of alkyl halides is 1. The van der Waals surface area contributed by atoms with Crippen LogP contribution >= 0.6 is 38.9 Å². The number of hydrogen-bond donors (Lipinski definition) is 1. The molecular formula is C9H10BrClFNS. The normalized spacial score (nSPS) is 33.1. The molecule has 14 heavy (non-hydrogen) atoms. The van der Waals surface area contributed by atoms with Gasteiger partial charge in [-0.2, -0.15) is 0 Å². The predicted molar refractivity (Wildman–Crippen MR) is 61.6 cm³/mol. The molecule has 1 saturated carbocycles. The Hall–Kier alpha value is 0.360. The quantitative estimate of drug-likeness (QED) is 0.880. The second-order valence-corrected chi connectivity index (χ2v) is 6.47. The Morgan fingerprint density at radius 2 is 2.43 bits per heavy atom. The zero-order chi connectivity index (χ0) is 10.5. The summed E-state index contributed by atoms with van der Waals surface area (Å²) in [4.78, 5) is 0.949. The Labute approximate surface area is 99.6 Å². The minimum Gasteiger partial charge on any atom is -0.323 e. The van der Waals surface area contributed by atoms with Crippen molar-refractivity contribution in [3.05, 3.63) is 19.8 Å². The topological polar surface area (TPSA) is 26.0 Å². The molecule has 5 heteroatoms. The second kappa shape index (κ2) is 3.44. The van der Waals surface area contributed by atoms with E-state index >= 15 is 0 Å². The van der Waals surface area contributed by atoms with Crippen molar-refractivity contribution in [3.8, 4) is 0 Å². The standard InChI is InChI=1S/C9H10BrClFNS/c1-9(3-6(9)12)7(13)5-2-4(10)8(11)14-5/h2,6-7H,3,13H2,1H3. The summed E-state index contributed by atoms with van der Waals surface area (Å²) in [5, 5.41) is 0. The highest BCUT2D eigenvalue weighted by Crippen LogP contribution is 2.57. The molecule has 78 valence electrons. The first kappa shape index (κ1) is 10.9. The lowest BCUT2D eigenvalue weighted by atomic mass is 9.98. The fourth-order valence-corrected chi connectivity index (χ4v) is 3.39. The van der Waals surface area contributed by atoms with Crippen LogP contribution in [0.15, 0.2) is 10.5 Å². The van der Waals surface area contributed by atoms with Crippen LogP contribution in [0.4, 0.5) is 4.39 Å². The fraction of sp³-hybridized carbons (Fsp3) is 0.556. The van der Waals surface area contributed by atoms with E-state index in [2.05, 4.69) is 15.9 Å². The van der Waals surface area contributed by atoms with Gasteiger partial charge in [-0.05, 0) is 28.4 Å². The number of thiophene rings is 1. The van der Waals surface area contributed by atoms with E-state index in [1.807, 2.05) is 13.0 Å². The Morgan fingerprint density at radius 1 is 1.86 bits per heavy atom. The van der Waals surface area contributed by atoms with Gasteiger partial charge in [-0.1, -0.05) is 18.5 Å². The van der Waals surface area contributed by atoms with E-state index in [-0.39, 0.29) is 11.5 Å². The Kier molecular flexibility index (Phi) is 2.67. The molecular weight excluding hydrogens is 289 g/mol. The molecule has 1 aliphatic rings. The Bertz CT molecular complexity index is 350. The molecule has 3 atom stereocenters. The lowest BCUT2D eigenvalue weighted by Crippen LogP contribution is -2.21. The maximum Gasteiger partial charge on any atom is 0.108 e. The van der Waals surface area contributed by atoms with Crippen LogP contribution in [-0.2, 0) is 0 Å². The summed E-state index contributed by atoms with van der Waals surface area (Å²) >= 11 is 10.6. The van der Waals surface area contributed by atoms with Crippen LogP contribution in [0, 0.1) is 5.41 Å². The van der Waals surface area contributed by atoms with Crippen molar-refractivity contribution in [3.63, 3.8) is 0 Å². The average molecular weight is 299 g/mol. The fourth-order valence-electron chi connectivity index (χ4n) is 1.49. The third-order valence-corrected chi connectivity index (χ3v) is 5.41. The minimum atomic E-state index is -0.767. The maximum absolute atomic E-state index is 13.1. The van der Waals surface area contributed by atoms with Crippen molar-refractivity contribution in [2.45, 2.75) is 25.6 Å². The molecule has 1 aromatic rings. The maximum atomic E-state index is 13.1. The molecule has 0 spiro atoms. The van der Waals surface area contributed by atoms with E-state index in [4.69, 9.17) is 17.3 Å². The van der Waals surface area contributed by atoms with Gasteiger partial charge in [0.2, 0.25) is 0 Å². The zero-order valence-electron chi connectivity index (χ0n) is 7.56. The predicted octanol–water partition coefficient (Wildman–Crippen LogP) is 3.91. The van der Waals surface area contributed by atoms with Gasteiger partial charge in [-0.25, -0.2) is 4.39 Å². The van der Waals surface area contributed by atoms with Crippen molar-refractivity contribution < 1.29 is 4.39 Å². The smallest absolute Gasteiger partial charge is 0.108 e. The van der Waals surface area contributed by atoms with Crippen molar-refractivity contribution >= 4 is 38.9 Å². The van der Waals surface area contributed by atoms with E-state index in [9.17, 15) is 4.39 Å². The number of nitrogens with two attached hydrogens (primary N) is 1. The van der Waals surface area contributed by atoms with Gasteiger partial charge in [-0.15, -0.1) is 11.3 Å². The van der Waals surface area contributed by atoms with Crippen LogP contribution in [0.1, 0.15) is 24.3 Å². The highest BCUT2D eigenvalue weighted by atomic mass is 79.9. The molecule has 1 heterocycles. The molecule has 1 nitrogen and oxygen atoms in total. The summed E-state index contributed by atoms with van der Waals surface area (Å²) in [6.45, 7) is 1.88. The molecule has 1 aromatic heterocycles. The SMILES string of the molecule is CC1(C(N)c2cc(Br)c(Cl)s2)CC1F. The summed E-state index contributed by atoms with van der Waals surface area (Å²) in [5.41, 5.74) is 5.62. The molecule has 3 unspecified atom stereocenters. The molecule has 0 saturated heterocycles. The van der Waals surface area contributed by atoms with E-state index in [0.29, 0.717) is 10.8 Å². The first-order chi connectivity index (χ1) is 6.45. The van der Waals surface area contributed by atoms with Crippen molar-refractivity contribution in [1.82, 2.24) is 0 Å². The summed E-state index contributed by atoms with van der Waals surface area (Å²) in [5.74, 6) is 0. The molecule has 0 amide bonds. The van der Waals surface area contributed by atoms with Gasteiger partial charge in [-0.3, -0.25) is 0 Å². The average Bonchev–Trinajstić information content (AvgIpc) is 2.58. The molecule has 0 radical (unpaired) electrons. The molecule has 0 bridgehead atoms. The van der Waals surface area contributed by atoms with E-state index in [1.165, 1.54) is 11.3 Å². The summed E-state index contributed by atoms with van der Waals surface area (Å²) in [7, 11) is 0. The minimum absolute atomic E-state index is 0.244. The monoisotopic (exact) mass is 297 g/mol. The third kappa shape index (κ3) is 1.62. The molecule has 1 aliphatic carbocycles. The third-order valence-electron chi connectivity index (χ3n) is 2.86. The van der Waals surface area contributed by atoms with Gasteiger partial charge in [0.1, 0.15) is 10.5 Å². The van der Waals surface area contributed by atoms with Gasteiger partial charge in [0.05, 0.1) is 0 Å². The lowest BCUT2D eigenvalue weighted by molar-refractivity contribution is 0.335. The van der Waals surface area contributed by atoms with Gasteiger partial charge < -0.3 is 5.73 Å². The van der Waals surface area contributed by atoms with Crippen LogP contribution in [0.3, 0.4) is 0 Å². The second-order valence-electron chi connectivity index (χ2n) is 3.93. The molecule has 0 aliphatic heterocycles. The van der Waals surface area contributed by atoms with Gasteiger partial charge in [0, 0.05) is 20.8 Å². The Balaban J connectivity index is 2.24. The van der Waals surface area contributed by atoms with E-state index < -0.39 is 6.17 Å². The van der Waals surface area contributed by atoms with Gasteiger partial charge in [0.15, 0.2) is 0 Å². The van der Waals surface area contributed by atoms with Crippen LogP contribution in [0.25, 0.3) is 0 Å². The highest BCUT2D eigenvalue weighted by Gasteiger charge is 2.56. The molecule has 1 fully saturated rings. The van der Waals surface area contributed by atoms with Crippen LogP contribution in [0.2, 0.25) is 4.34 Å². The van der Waals surface area contributed by atoms with E-state index in [1.54, 1.807) is 0 Å². The summed E-state index contributed by atoms with van der Waals surface area (Å²) in [6.07, 6.45) is -0.210. The molecule has 2 rings (SSSR count). The first-order valence-electron chi connectivity index (χ1n) is 4.29. The number of halogens is 3. The van der Waals surface area contributed by atoms with Crippen molar-refractivity contribution in [1.29, 1.82) is 0 Å². The number of hydrogen-bond acceptors (Lipinski definition) is 2. The summed E-state index contributed by atoms with van der Waals surface area (Å²) in [6, 6.07) is 1.64. The highest BCUT2D eigenvalue weighted by molar-refractivity contribution is 9.10. The van der Waals surface area contributed by atoms with Crippen LogP contribution in [-0.4, -0.2) is 6.17 Å². The summed E-state index contributed by atoms with van der Waals surface area (Å²) < 4.78 is 14.6. The largest absolute Gasteiger partial charge is 0.323 e. The zero-order valence-corrected chi connectivity index (χ0v) is 10.7. The lowest BCUT2D eigenvalue weighted by Gasteiger charge is -2.16. The van der Waals surface area contributed by atoms with Crippen molar-refractivity contribution in [2.75, 3.05) is 0 Å². The number of rotatable bonds is 2. The van der Waals surface area contributed by atoms with Crippen molar-refractivity contribution in [2.24, 2.45) is 11.1 Å². The Morgan fingerprint density at radius 3 is 2.79 bits per heavy atom. The molecule has 0 aromatic carbocycles. The van der Waals surface area contributed by atoms with E-state index in [0.717, 1.165) is 9.35 Å². The first-order valence-corrected chi connectivity index (χ1v) is 6.28. The van der Waals surface area contributed by atoms with Crippen LogP contribution in [0.5, 0.6) is 0 Å². The molecule has 2 N–H and O–H groups in total. The van der Waals surface area contributed by atoms with Gasteiger partial charge in [0.25, 0.3) is 0 Å².